The molecule has 0 saturated heterocycles. The molecule has 0 radical (unpaired) electrons. The molecule has 1 aromatic heterocycles. The zero-order valence-corrected chi connectivity index (χ0v) is 10.9. The standard InChI is InChI=1S/C7H11BrN4O3S/c1-12-7(6(8)9-11-12)16(14,15)10-4-2-5(13)3-4/h4-5,10,13H,2-3H2,1H3. The van der Waals surface area contributed by atoms with Gasteiger partial charge in [0.05, 0.1) is 6.10 Å². The Kier molecular flexibility index (Phi) is 3.03. The summed E-state index contributed by atoms with van der Waals surface area (Å²) in [6.07, 6.45) is 0.491. The molecule has 1 aromatic rings. The number of nitrogens with one attached hydrogen (secondary N) is 1. The van der Waals surface area contributed by atoms with Crippen LogP contribution in [0.3, 0.4) is 0 Å². The van der Waals surface area contributed by atoms with E-state index in [1.54, 1.807) is 0 Å². The van der Waals surface area contributed by atoms with E-state index in [0.29, 0.717) is 12.8 Å². The molecule has 0 atom stereocenters. The largest absolute Gasteiger partial charge is 0.393 e. The zero-order valence-electron chi connectivity index (χ0n) is 8.46. The number of nitrogens with zero attached hydrogens (tertiary/aromatic N) is 3. The highest BCUT2D eigenvalue weighted by atomic mass is 79.9. The van der Waals surface area contributed by atoms with Gasteiger partial charge >= 0.3 is 0 Å². The molecule has 1 aliphatic rings. The van der Waals surface area contributed by atoms with Gasteiger partial charge in [0.2, 0.25) is 5.03 Å². The molecule has 0 aromatic carbocycles. The van der Waals surface area contributed by atoms with Gasteiger partial charge in [0.25, 0.3) is 10.0 Å². The highest BCUT2D eigenvalue weighted by Gasteiger charge is 2.33. The van der Waals surface area contributed by atoms with Gasteiger partial charge in [-0.15, -0.1) is 5.10 Å². The number of aryl methyl sites for hydroxylation is 1. The van der Waals surface area contributed by atoms with Crippen molar-refractivity contribution in [2.75, 3.05) is 0 Å². The average Bonchev–Trinajstić information content (AvgIpc) is 2.43. The minimum Gasteiger partial charge on any atom is -0.393 e. The highest BCUT2D eigenvalue weighted by Crippen LogP contribution is 2.23. The van der Waals surface area contributed by atoms with E-state index in [0.717, 1.165) is 0 Å². The fourth-order valence-corrected chi connectivity index (χ4v) is 3.92. The van der Waals surface area contributed by atoms with Crippen molar-refractivity contribution < 1.29 is 13.5 Å². The van der Waals surface area contributed by atoms with Crippen LogP contribution in [-0.4, -0.2) is 40.7 Å². The summed E-state index contributed by atoms with van der Waals surface area (Å²) in [6, 6.07) is -0.207. The van der Waals surface area contributed by atoms with Gasteiger partial charge < -0.3 is 5.11 Å². The van der Waals surface area contributed by atoms with Crippen molar-refractivity contribution in [2.24, 2.45) is 7.05 Å². The molecule has 0 bridgehead atoms. The maximum Gasteiger partial charge on any atom is 0.260 e. The van der Waals surface area contributed by atoms with Gasteiger partial charge in [-0.05, 0) is 28.8 Å². The van der Waals surface area contributed by atoms with Crippen LogP contribution in [0.1, 0.15) is 12.8 Å². The maximum absolute atomic E-state index is 11.9. The summed E-state index contributed by atoms with van der Waals surface area (Å²) in [4.78, 5) is 0. The zero-order chi connectivity index (χ0) is 11.9. The predicted molar refractivity (Wildman–Crippen MR) is 58.1 cm³/mol. The van der Waals surface area contributed by atoms with Gasteiger partial charge in [-0.1, -0.05) is 5.21 Å². The summed E-state index contributed by atoms with van der Waals surface area (Å²) >= 11 is 3.03. The van der Waals surface area contributed by atoms with Crippen LogP contribution < -0.4 is 4.72 Å². The van der Waals surface area contributed by atoms with Crippen LogP contribution in [0.5, 0.6) is 0 Å². The third kappa shape index (κ3) is 2.12. The minimum atomic E-state index is -3.63. The number of rotatable bonds is 3. The van der Waals surface area contributed by atoms with Crippen LogP contribution in [0.15, 0.2) is 9.63 Å². The van der Waals surface area contributed by atoms with Crippen LogP contribution >= 0.6 is 15.9 Å². The van der Waals surface area contributed by atoms with E-state index in [9.17, 15) is 8.42 Å². The summed E-state index contributed by atoms with van der Waals surface area (Å²) in [5.41, 5.74) is 0. The first-order valence-corrected chi connectivity index (χ1v) is 6.93. The molecular weight excluding hydrogens is 300 g/mol. The number of aromatic nitrogens is 3. The van der Waals surface area contributed by atoms with Crippen molar-refractivity contribution in [2.45, 2.75) is 30.0 Å². The molecule has 0 spiro atoms. The third-order valence-electron chi connectivity index (χ3n) is 2.43. The highest BCUT2D eigenvalue weighted by molar-refractivity contribution is 9.10. The van der Waals surface area contributed by atoms with Crippen molar-refractivity contribution in [1.29, 1.82) is 0 Å². The quantitative estimate of drug-likeness (QED) is 0.775. The summed E-state index contributed by atoms with van der Waals surface area (Å²) in [7, 11) is -2.13. The topological polar surface area (TPSA) is 97.1 Å². The Morgan fingerprint density at radius 1 is 1.56 bits per heavy atom. The molecule has 0 amide bonds. The lowest BCUT2D eigenvalue weighted by atomic mass is 9.91. The molecule has 1 aliphatic carbocycles. The van der Waals surface area contributed by atoms with E-state index >= 15 is 0 Å². The van der Waals surface area contributed by atoms with Crippen molar-refractivity contribution >= 4 is 26.0 Å². The van der Waals surface area contributed by atoms with E-state index in [1.807, 2.05) is 0 Å². The second-order valence-corrected chi connectivity index (χ2v) is 6.13. The van der Waals surface area contributed by atoms with E-state index in [1.165, 1.54) is 11.7 Å². The Labute approximate surface area is 101 Å². The number of hydrogen-bond donors (Lipinski definition) is 2. The van der Waals surface area contributed by atoms with Gasteiger partial charge in [-0.3, -0.25) is 0 Å². The molecule has 90 valence electrons. The lowest BCUT2D eigenvalue weighted by Gasteiger charge is -2.31. The number of aliphatic hydroxyl groups is 1. The fraction of sp³-hybridized carbons (Fsp3) is 0.714. The Bertz CT molecular complexity index is 474. The van der Waals surface area contributed by atoms with Gasteiger partial charge in [0.15, 0.2) is 4.60 Å². The molecule has 2 rings (SSSR count). The van der Waals surface area contributed by atoms with Crippen molar-refractivity contribution in [3.63, 3.8) is 0 Å². The van der Waals surface area contributed by atoms with Crippen molar-refractivity contribution in [3.8, 4) is 0 Å². The fourth-order valence-electron chi connectivity index (χ4n) is 1.57. The molecule has 1 fully saturated rings. The molecule has 0 unspecified atom stereocenters. The van der Waals surface area contributed by atoms with Gasteiger partial charge in [0.1, 0.15) is 0 Å². The molecule has 16 heavy (non-hydrogen) atoms. The summed E-state index contributed by atoms with van der Waals surface area (Å²) in [5, 5.41) is 16.3. The molecule has 7 nitrogen and oxygen atoms in total. The first kappa shape index (κ1) is 12.0. The van der Waals surface area contributed by atoms with Crippen molar-refractivity contribution in [1.82, 2.24) is 19.7 Å². The molecule has 2 N–H and O–H groups in total. The van der Waals surface area contributed by atoms with E-state index in [4.69, 9.17) is 5.11 Å². The molecule has 1 heterocycles. The Hall–Kier alpha value is -0.510. The van der Waals surface area contributed by atoms with Gasteiger partial charge in [-0.25, -0.2) is 17.8 Å². The minimum absolute atomic E-state index is 0.00566. The Morgan fingerprint density at radius 2 is 2.19 bits per heavy atom. The third-order valence-corrected chi connectivity index (χ3v) is 4.83. The Balaban J connectivity index is 2.19. The second-order valence-electron chi connectivity index (χ2n) is 3.75. The van der Waals surface area contributed by atoms with E-state index < -0.39 is 16.1 Å². The predicted octanol–water partition coefficient (Wildman–Crippen LogP) is -0.621. The van der Waals surface area contributed by atoms with E-state index in [2.05, 4.69) is 31.0 Å². The van der Waals surface area contributed by atoms with E-state index in [-0.39, 0.29) is 15.7 Å². The summed E-state index contributed by atoms with van der Waals surface area (Å²) < 4.78 is 27.7. The summed E-state index contributed by atoms with van der Waals surface area (Å²) in [6.45, 7) is 0. The lowest BCUT2D eigenvalue weighted by Crippen LogP contribution is -2.47. The van der Waals surface area contributed by atoms with Crippen molar-refractivity contribution in [3.05, 3.63) is 4.60 Å². The SMILES string of the molecule is Cn1nnc(Br)c1S(=O)(=O)NC1CC(O)C1. The van der Waals surface area contributed by atoms with Crippen LogP contribution in [-0.2, 0) is 17.1 Å². The van der Waals surface area contributed by atoms with Gasteiger partial charge in [0, 0.05) is 13.1 Å². The maximum atomic E-state index is 11.9. The first-order valence-electron chi connectivity index (χ1n) is 4.65. The lowest BCUT2D eigenvalue weighted by molar-refractivity contribution is 0.0711. The molecule has 1 saturated carbocycles. The normalized spacial score (nSPS) is 25.4. The number of aliphatic hydroxyl groups excluding tert-OH is 1. The van der Waals surface area contributed by atoms with Crippen LogP contribution in [0, 0.1) is 0 Å². The number of sulfonamides is 1. The smallest absolute Gasteiger partial charge is 0.260 e. The van der Waals surface area contributed by atoms with Gasteiger partial charge in [-0.2, -0.15) is 0 Å². The first-order chi connectivity index (χ1) is 7.40. The number of hydrogen-bond acceptors (Lipinski definition) is 5. The van der Waals surface area contributed by atoms with Crippen LogP contribution in [0.2, 0.25) is 0 Å². The average molecular weight is 311 g/mol. The molecule has 9 heteroatoms. The van der Waals surface area contributed by atoms with Crippen LogP contribution in [0.4, 0.5) is 0 Å². The molecule has 0 aliphatic heterocycles. The second kappa shape index (κ2) is 4.06. The monoisotopic (exact) mass is 310 g/mol. The number of halogens is 1. The van der Waals surface area contributed by atoms with Crippen LogP contribution in [0.25, 0.3) is 0 Å². The summed E-state index contributed by atoms with van der Waals surface area (Å²) in [5.74, 6) is 0. The Morgan fingerprint density at radius 3 is 2.62 bits per heavy atom. The molecular formula is C7H11BrN4O3S.